The van der Waals surface area contributed by atoms with Crippen LogP contribution in [0.5, 0.6) is 0 Å². The number of aliphatic hydroxyl groups excluding tert-OH is 1. The molecule has 41 heavy (non-hydrogen) atoms. The zero-order chi connectivity index (χ0) is 29.2. The Morgan fingerprint density at radius 3 is 1.85 bits per heavy atom. The first-order valence-corrected chi connectivity index (χ1v) is 13.4. The van der Waals surface area contributed by atoms with E-state index >= 15 is 0 Å². The summed E-state index contributed by atoms with van der Waals surface area (Å²) in [6.07, 6.45) is -4.36. The highest BCUT2D eigenvalue weighted by Gasteiger charge is 2.71. The lowest BCUT2D eigenvalue weighted by atomic mass is 9.72. The van der Waals surface area contributed by atoms with Gasteiger partial charge in [-0.2, -0.15) is 0 Å². The van der Waals surface area contributed by atoms with E-state index < -0.39 is 41.6 Å². The molecule has 0 amide bonds. The van der Waals surface area contributed by atoms with Crippen molar-refractivity contribution in [2.75, 3.05) is 0 Å². The average molecular weight is 553 g/mol. The molecule has 0 saturated carbocycles. The Labute approximate surface area is 238 Å². The van der Waals surface area contributed by atoms with Gasteiger partial charge in [0, 0.05) is 0 Å². The van der Waals surface area contributed by atoms with Gasteiger partial charge in [0.2, 0.25) is 11.9 Å². The Balaban J connectivity index is 1.67. The Bertz CT molecular complexity index is 1540. The van der Waals surface area contributed by atoms with Crippen LogP contribution in [0.3, 0.4) is 0 Å². The fourth-order valence-corrected chi connectivity index (χ4v) is 5.46. The lowest BCUT2D eigenvalue weighted by Crippen LogP contribution is -2.59. The van der Waals surface area contributed by atoms with Crippen LogP contribution in [0.1, 0.15) is 56.0 Å². The maximum Gasteiger partial charge on any atom is 0.340 e. The molecule has 1 fully saturated rings. The van der Waals surface area contributed by atoms with Crippen LogP contribution in [-0.4, -0.2) is 40.1 Å². The Kier molecular flexibility index (Phi) is 7.78. The van der Waals surface area contributed by atoms with Crippen LogP contribution >= 0.6 is 0 Å². The van der Waals surface area contributed by atoms with Gasteiger partial charge < -0.3 is 24.4 Å². The standard InChI is InChI=1S/C34H32O7/c1-22-14-10-12-20-26(22)28(35)29-34(38,27-21-13-11-15-23(27)2)33(3,41-31(37)25-18-8-5-9-19-25)32(39-29)40-30(36)24-16-6-4-7-17-24/h4-21,28-29,32,35,38H,1-3H3/t28?,29-,32+,33+,34-/m1/s1. The van der Waals surface area contributed by atoms with Gasteiger partial charge in [0.1, 0.15) is 12.2 Å². The molecule has 4 aromatic rings. The minimum absolute atomic E-state index is 0.233. The third kappa shape index (κ3) is 5.04. The molecule has 0 aliphatic carbocycles. The molecule has 5 rings (SSSR count). The van der Waals surface area contributed by atoms with Gasteiger partial charge in [-0.1, -0.05) is 84.9 Å². The van der Waals surface area contributed by atoms with E-state index in [2.05, 4.69) is 0 Å². The van der Waals surface area contributed by atoms with Crippen molar-refractivity contribution in [3.05, 3.63) is 143 Å². The molecule has 0 spiro atoms. The van der Waals surface area contributed by atoms with E-state index in [4.69, 9.17) is 14.2 Å². The predicted octanol–water partition coefficient (Wildman–Crippen LogP) is 5.42. The smallest absolute Gasteiger partial charge is 0.340 e. The lowest BCUT2D eigenvalue weighted by Gasteiger charge is -2.42. The molecule has 1 aliphatic rings. The number of aliphatic hydroxyl groups is 2. The highest BCUT2D eigenvalue weighted by molar-refractivity contribution is 5.90. The number of hydrogen-bond acceptors (Lipinski definition) is 7. The van der Waals surface area contributed by atoms with E-state index in [1.165, 1.54) is 6.92 Å². The van der Waals surface area contributed by atoms with Gasteiger partial charge in [-0.15, -0.1) is 0 Å². The molecule has 0 bridgehead atoms. The molecule has 0 aromatic heterocycles. The number of ether oxygens (including phenoxy) is 3. The van der Waals surface area contributed by atoms with Gasteiger partial charge in [0.25, 0.3) is 0 Å². The fraction of sp³-hybridized carbons (Fsp3) is 0.235. The summed E-state index contributed by atoms with van der Waals surface area (Å²) >= 11 is 0. The summed E-state index contributed by atoms with van der Waals surface area (Å²) in [6.45, 7) is 5.10. The minimum Gasteiger partial charge on any atom is -0.445 e. The normalized spacial score (nSPS) is 24.4. The molecular formula is C34H32O7. The summed E-state index contributed by atoms with van der Waals surface area (Å²) in [6, 6.07) is 30.8. The zero-order valence-corrected chi connectivity index (χ0v) is 23.1. The molecule has 1 heterocycles. The summed E-state index contributed by atoms with van der Waals surface area (Å²) in [5.41, 5.74) is -1.37. The minimum atomic E-state index is -2.16. The van der Waals surface area contributed by atoms with Crippen LogP contribution in [0.4, 0.5) is 0 Å². The van der Waals surface area contributed by atoms with Crippen molar-refractivity contribution in [3.63, 3.8) is 0 Å². The molecule has 210 valence electrons. The van der Waals surface area contributed by atoms with Crippen LogP contribution in [0.25, 0.3) is 0 Å². The average Bonchev–Trinajstić information content (AvgIpc) is 3.20. The van der Waals surface area contributed by atoms with Crippen molar-refractivity contribution < 1.29 is 34.0 Å². The second kappa shape index (κ2) is 11.3. The quantitative estimate of drug-likeness (QED) is 0.295. The molecule has 5 atom stereocenters. The summed E-state index contributed by atoms with van der Waals surface area (Å²) in [4.78, 5) is 26.8. The van der Waals surface area contributed by atoms with Crippen LogP contribution in [0.2, 0.25) is 0 Å². The molecule has 1 saturated heterocycles. The number of aryl methyl sites for hydroxylation is 2. The molecule has 1 aliphatic heterocycles. The first-order valence-electron chi connectivity index (χ1n) is 13.4. The highest BCUT2D eigenvalue weighted by atomic mass is 16.7. The largest absolute Gasteiger partial charge is 0.445 e. The molecule has 1 unspecified atom stereocenters. The zero-order valence-electron chi connectivity index (χ0n) is 23.1. The second-order valence-electron chi connectivity index (χ2n) is 10.4. The lowest BCUT2D eigenvalue weighted by molar-refractivity contribution is -0.189. The van der Waals surface area contributed by atoms with Gasteiger partial charge >= 0.3 is 11.9 Å². The topological polar surface area (TPSA) is 102 Å². The van der Waals surface area contributed by atoms with E-state index in [0.717, 1.165) is 5.56 Å². The summed E-state index contributed by atoms with van der Waals surface area (Å²) < 4.78 is 18.2. The monoisotopic (exact) mass is 552 g/mol. The fourth-order valence-electron chi connectivity index (χ4n) is 5.46. The van der Waals surface area contributed by atoms with E-state index in [9.17, 15) is 19.8 Å². The number of hydrogen-bond donors (Lipinski definition) is 2. The number of benzene rings is 4. The van der Waals surface area contributed by atoms with Gasteiger partial charge in [-0.3, -0.25) is 0 Å². The van der Waals surface area contributed by atoms with Crippen molar-refractivity contribution in [1.82, 2.24) is 0 Å². The van der Waals surface area contributed by atoms with Gasteiger partial charge in [0.05, 0.1) is 11.1 Å². The van der Waals surface area contributed by atoms with E-state index in [1.54, 1.807) is 97.9 Å². The first kappa shape index (κ1) is 28.2. The predicted molar refractivity (Wildman–Crippen MR) is 152 cm³/mol. The van der Waals surface area contributed by atoms with E-state index in [1.807, 2.05) is 25.1 Å². The van der Waals surface area contributed by atoms with Gasteiger partial charge in [-0.05, 0) is 67.3 Å². The molecule has 7 nitrogen and oxygen atoms in total. The highest BCUT2D eigenvalue weighted by Crippen LogP contribution is 2.54. The van der Waals surface area contributed by atoms with E-state index in [-0.39, 0.29) is 11.1 Å². The number of carbonyl (C=O) groups is 2. The third-order valence-electron chi connectivity index (χ3n) is 7.78. The third-order valence-corrected chi connectivity index (χ3v) is 7.78. The van der Waals surface area contributed by atoms with Gasteiger partial charge in [-0.25, -0.2) is 9.59 Å². The summed E-state index contributed by atoms with van der Waals surface area (Å²) in [5.74, 6) is -1.49. The van der Waals surface area contributed by atoms with Crippen molar-refractivity contribution in [1.29, 1.82) is 0 Å². The molecule has 7 heteroatoms. The summed E-state index contributed by atoms with van der Waals surface area (Å²) in [7, 11) is 0. The number of rotatable bonds is 7. The SMILES string of the molecule is Cc1ccccc1C(O)[C@H]1O[C@@H](OC(=O)c2ccccc2)[C@](C)(OC(=O)c2ccccc2)[C@@]1(O)c1ccccc1C. The first-order chi connectivity index (χ1) is 19.7. The molecule has 2 N–H and O–H groups in total. The maximum absolute atomic E-state index is 13.5. The molecule has 0 radical (unpaired) electrons. The molecular weight excluding hydrogens is 520 g/mol. The number of esters is 2. The molecule has 4 aromatic carbocycles. The summed E-state index contributed by atoms with van der Waals surface area (Å²) in [5, 5.41) is 24.6. The Hall–Kier alpha value is -4.30. The van der Waals surface area contributed by atoms with Crippen molar-refractivity contribution >= 4 is 11.9 Å². The van der Waals surface area contributed by atoms with Gasteiger partial charge in [0.15, 0.2) is 5.60 Å². The number of carbonyl (C=O) groups excluding carboxylic acids is 2. The van der Waals surface area contributed by atoms with Crippen molar-refractivity contribution in [3.8, 4) is 0 Å². The second-order valence-corrected chi connectivity index (χ2v) is 10.4. The van der Waals surface area contributed by atoms with Crippen LogP contribution in [0, 0.1) is 13.8 Å². The maximum atomic E-state index is 13.5. The van der Waals surface area contributed by atoms with Crippen molar-refractivity contribution in [2.45, 2.75) is 50.5 Å². The van der Waals surface area contributed by atoms with Crippen molar-refractivity contribution in [2.24, 2.45) is 0 Å². The Morgan fingerprint density at radius 1 is 0.756 bits per heavy atom. The van der Waals surface area contributed by atoms with E-state index in [0.29, 0.717) is 16.7 Å². The van der Waals surface area contributed by atoms with Crippen LogP contribution in [-0.2, 0) is 19.8 Å². The Morgan fingerprint density at radius 2 is 1.27 bits per heavy atom. The van der Waals surface area contributed by atoms with Crippen LogP contribution in [0.15, 0.2) is 109 Å². The van der Waals surface area contributed by atoms with Crippen LogP contribution < -0.4 is 0 Å².